The van der Waals surface area contributed by atoms with Gasteiger partial charge in [0, 0.05) is 54.5 Å². The van der Waals surface area contributed by atoms with Crippen molar-refractivity contribution in [2.24, 2.45) is 7.05 Å². The van der Waals surface area contributed by atoms with Crippen molar-refractivity contribution in [1.82, 2.24) is 33.2 Å². The molecule has 7 heterocycles. The first-order valence-corrected chi connectivity index (χ1v) is 32.9. The number of carbonyl (C=O) groups excluding carboxylic acids is 2. The average Bonchev–Trinajstić information content (AvgIpc) is 1.27. The Bertz CT molecular complexity index is 4160. The average molecular weight is 1360 g/mol. The summed E-state index contributed by atoms with van der Waals surface area (Å²) in [6, 6.07) is 23.4. The highest BCUT2D eigenvalue weighted by molar-refractivity contribution is 7.53. The third-order valence-electron chi connectivity index (χ3n) is 16.1. The van der Waals surface area contributed by atoms with Crippen LogP contribution in [-0.4, -0.2) is 132 Å². The van der Waals surface area contributed by atoms with E-state index in [1.165, 1.54) is 47.4 Å². The minimum Gasteiger partial charge on any atom is -0.606 e. The maximum absolute atomic E-state index is 14.5. The SMILES string of the molecule is COc1ccc(C(OC[C@H]2O[C@@H](n3cc(C)c(=O)[nH]c3=O)C[C@@H]2O[P+]([O-])(O)OC[C@H]2O[C@@H](n3cc(C)c(=O)[nH]c3=O)C[C@@H]2O[P+]([O-])(O)OC[C@H]2O[C@@H](n3cc(C)c(=O)[nH]c3=O)C[C@@H]2OC(=O)CCC(=O)OCCn2cc[n+](C)c2)(c2ccccc2)c2ccc(OC)cc2)cc1. The minimum atomic E-state index is -5.39. The van der Waals surface area contributed by atoms with Crippen LogP contribution in [0.15, 0.2) is 145 Å². The van der Waals surface area contributed by atoms with Gasteiger partial charge in [0.05, 0.1) is 40.7 Å². The molecule has 7 aromatic rings. The van der Waals surface area contributed by atoms with Crippen molar-refractivity contribution < 1.29 is 89.7 Å². The van der Waals surface area contributed by atoms with Crippen LogP contribution < -0.4 is 57.6 Å². The molecule has 0 bridgehead atoms. The Labute approximate surface area is 540 Å². The molecule has 10 rings (SSSR count). The molecule has 0 saturated carbocycles. The monoisotopic (exact) mass is 1360 g/mol. The molecule has 95 heavy (non-hydrogen) atoms. The Balaban J connectivity index is 0.878. The Morgan fingerprint density at radius 3 is 1.44 bits per heavy atom. The van der Waals surface area contributed by atoms with E-state index < -0.39 is 156 Å². The largest absolute Gasteiger partial charge is 0.606 e. The van der Waals surface area contributed by atoms with Crippen LogP contribution in [0.2, 0.25) is 0 Å². The van der Waals surface area contributed by atoms with Crippen LogP contribution >= 0.6 is 16.3 Å². The van der Waals surface area contributed by atoms with E-state index in [0.29, 0.717) is 34.7 Å². The second kappa shape index (κ2) is 29.9. The second-order valence-electron chi connectivity index (χ2n) is 22.7. The molecule has 3 fully saturated rings. The third kappa shape index (κ3) is 16.7. The zero-order valence-electron chi connectivity index (χ0n) is 52.2. The number of H-pyrrole nitrogens is 3. The molecular formula is C61H71N8O24P2+. The highest BCUT2D eigenvalue weighted by atomic mass is 31.2. The van der Waals surface area contributed by atoms with Gasteiger partial charge in [-0.2, -0.15) is 27.9 Å². The van der Waals surface area contributed by atoms with Gasteiger partial charge in [-0.25, -0.2) is 23.5 Å². The van der Waals surface area contributed by atoms with E-state index in [0.717, 1.165) is 19.9 Å². The maximum Gasteiger partial charge on any atom is 0.377 e. The first-order chi connectivity index (χ1) is 45.3. The molecular weight excluding hydrogens is 1290 g/mol. The van der Waals surface area contributed by atoms with E-state index in [1.807, 2.05) is 37.4 Å². The number of aromatic amines is 3. The number of hydrogen-bond donors (Lipinski definition) is 5. The van der Waals surface area contributed by atoms with Gasteiger partial charge in [0.25, 0.3) is 16.7 Å². The van der Waals surface area contributed by atoms with Crippen LogP contribution in [-0.2, 0) is 75.3 Å². The first kappa shape index (κ1) is 69.7. The van der Waals surface area contributed by atoms with Crippen molar-refractivity contribution in [1.29, 1.82) is 0 Å². The lowest BCUT2D eigenvalue weighted by Gasteiger charge is -2.37. The normalized spacial score (nSPS) is 22.4. The van der Waals surface area contributed by atoms with Crippen molar-refractivity contribution in [2.45, 2.75) is 120 Å². The molecule has 0 spiro atoms. The number of imidazole rings is 1. The first-order valence-electron chi connectivity index (χ1n) is 29.9. The number of phosphoric acid groups is 2. The van der Waals surface area contributed by atoms with E-state index in [2.05, 4.69) is 15.0 Å². The van der Waals surface area contributed by atoms with E-state index in [-0.39, 0.29) is 42.6 Å². The summed E-state index contributed by atoms with van der Waals surface area (Å²) in [6.07, 6.45) is -5.56. The number of nitrogens with zero attached hydrogens (tertiary/aromatic N) is 5. The van der Waals surface area contributed by atoms with Gasteiger partial charge in [-0.15, -0.1) is 0 Å². The summed E-state index contributed by atoms with van der Waals surface area (Å²) in [5.41, 5.74) is -4.10. The van der Waals surface area contributed by atoms with E-state index in [9.17, 15) is 57.9 Å². The van der Waals surface area contributed by atoms with Crippen molar-refractivity contribution in [3.8, 4) is 11.5 Å². The van der Waals surface area contributed by atoms with Crippen molar-refractivity contribution in [3.05, 3.63) is 212 Å². The summed E-state index contributed by atoms with van der Waals surface area (Å²) in [5.74, 6) is -0.529. The summed E-state index contributed by atoms with van der Waals surface area (Å²) < 4.78 is 77.1. The highest BCUT2D eigenvalue weighted by Crippen LogP contribution is 2.55. The molecule has 0 radical (unpaired) electrons. The zero-order valence-corrected chi connectivity index (χ0v) is 54.0. The molecule has 0 aliphatic carbocycles. The maximum atomic E-state index is 14.5. The van der Waals surface area contributed by atoms with Gasteiger partial charge >= 0.3 is 45.3 Å². The minimum absolute atomic E-state index is 0.0118. The van der Waals surface area contributed by atoms with E-state index in [4.69, 9.17) is 56.0 Å². The van der Waals surface area contributed by atoms with E-state index >= 15 is 0 Å². The summed E-state index contributed by atoms with van der Waals surface area (Å²) in [5, 5.41) is 0. The number of hydrogen-bond acceptors (Lipinski definition) is 24. The lowest BCUT2D eigenvalue weighted by molar-refractivity contribution is -0.671. The second-order valence-corrected chi connectivity index (χ2v) is 25.5. The molecule has 11 atom stereocenters. The fraction of sp³-hybridized carbons (Fsp3) is 0.426. The van der Waals surface area contributed by atoms with Crippen LogP contribution in [0.1, 0.15) is 84.2 Å². The number of aromatic nitrogens is 8. The van der Waals surface area contributed by atoms with Gasteiger partial charge in [-0.05, 0) is 61.7 Å². The van der Waals surface area contributed by atoms with Gasteiger partial charge in [-0.1, -0.05) is 54.6 Å². The smallest absolute Gasteiger partial charge is 0.377 e. The van der Waals surface area contributed by atoms with Gasteiger partial charge < -0.3 is 47.7 Å². The molecule has 3 saturated heterocycles. The molecule has 0 amide bonds. The molecule has 3 aliphatic heterocycles. The van der Waals surface area contributed by atoms with Crippen molar-refractivity contribution >= 4 is 28.3 Å². The van der Waals surface area contributed by atoms with Crippen LogP contribution in [0.5, 0.6) is 11.5 Å². The quantitative estimate of drug-likeness (QED) is 0.0197. The summed E-state index contributed by atoms with van der Waals surface area (Å²) in [6.45, 7) is 2.39. The Morgan fingerprint density at radius 2 is 1.01 bits per heavy atom. The van der Waals surface area contributed by atoms with Crippen LogP contribution in [0.4, 0.5) is 0 Å². The lowest BCUT2D eigenvalue weighted by Crippen LogP contribution is -2.39. The van der Waals surface area contributed by atoms with Crippen molar-refractivity contribution in [2.75, 3.05) is 40.6 Å². The number of benzene rings is 3. The third-order valence-corrected chi connectivity index (χ3v) is 18.2. The van der Waals surface area contributed by atoms with Crippen LogP contribution in [0.3, 0.4) is 0 Å². The Hall–Kier alpha value is -8.17. The predicted octanol–water partition coefficient (Wildman–Crippen LogP) is 0.876. The number of rotatable bonds is 28. The topological polar surface area (TPSA) is 405 Å². The van der Waals surface area contributed by atoms with Gasteiger partial charge in [0.2, 0.25) is 6.33 Å². The Kier molecular flexibility index (Phi) is 21.9. The zero-order chi connectivity index (χ0) is 67.9. The fourth-order valence-electron chi connectivity index (χ4n) is 11.2. The van der Waals surface area contributed by atoms with Crippen LogP contribution in [0, 0.1) is 20.8 Å². The number of aryl methyl sites for hydroxylation is 4. The van der Waals surface area contributed by atoms with Crippen molar-refractivity contribution in [3.63, 3.8) is 0 Å². The number of methoxy groups -OCH3 is 2. The van der Waals surface area contributed by atoms with Gasteiger partial charge in [-0.3, -0.25) is 52.6 Å². The summed E-state index contributed by atoms with van der Waals surface area (Å²) in [7, 11) is -5.92. The highest BCUT2D eigenvalue weighted by Gasteiger charge is 2.51. The Morgan fingerprint density at radius 1 is 0.600 bits per heavy atom. The number of phosphoric ester groups is 2. The predicted molar refractivity (Wildman–Crippen MR) is 328 cm³/mol. The molecule has 5 N–H and O–H groups in total. The molecule has 508 valence electrons. The lowest BCUT2D eigenvalue weighted by atomic mass is 9.80. The molecule has 3 aliphatic rings. The van der Waals surface area contributed by atoms with Crippen LogP contribution in [0.25, 0.3) is 0 Å². The molecule has 4 aromatic heterocycles. The number of carbonyl (C=O) groups is 2. The standard InChI is InChI=1S/C61H70N8O24P2/c1-36-29-67(58(75)62-55(36)72)50-26-44(91-54(71)21-20-53(70)84-25-24-66-23-22-65(4)35-66)48(89-50)33-86-94(78,79)93-46-28-52(69-31-38(3)57(74)64-60(69)77)90-49(46)34-87-95(80,81)92-45-27-51(68-30-37(2)56(73)63-59(68)76)88-47(45)32-85-61(39-10-8-7-9-11-39,40-12-16-42(82-5)17-13-40)41-14-18-43(83-6)19-15-41/h7-19,22-23,29-31,35,44-52H,20-21,24-28,32-34H2,1-6H3,(H4-,62,63,64,72,73,74,75,76,77,78,79,80,81)/p+1/t44-,45-,46-,47+,48+,49+,50+,51+,52+/m0/s1. The summed E-state index contributed by atoms with van der Waals surface area (Å²) in [4.78, 5) is 161. The fourth-order valence-corrected chi connectivity index (χ4v) is 13.2. The number of esters is 2. The molecule has 32 nitrogen and oxygen atoms in total. The van der Waals surface area contributed by atoms with Gasteiger partial charge in [0.15, 0.2) is 0 Å². The molecule has 34 heteroatoms. The van der Waals surface area contributed by atoms with Gasteiger partial charge in [0.1, 0.15) is 111 Å². The van der Waals surface area contributed by atoms with E-state index in [1.54, 1.807) is 76.4 Å². The summed E-state index contributed by atoms with van der Waals surface area (Å²) >= 11 is 0. The number of ether oxygens (including phenoxy) is 8. The molecule has 3 aromatic carbocycles. The number of nitrogens with one attached hydrogen (secondary N) is 3. The molecule has 2 unspecified atom stereocenters.